The number of aromatic nitrogens is 2. The number of anilines is 1. The fraction of sp³-hybridized carbons (Fsp3) is 0.167. The van der Waals surface area contributed by atoms with Gasteiger partial charge in [0.1, 0.15) is 17.7 Å². The Balaban J connectivity index is 3.24. The summed E-state index contributed by atoms with van der Waals surface area (Å²) in [4.78, 5) is 17.7. The van der Waals surface area contributed by atoms with Gasteiger partial charge in [0.15, 0.2) is 6.29 Å². The molecule has 0 aromatic carbocycles. The Morgan fingerprint density at radius 2 is 2.36 bits per heavy atom. The molecule has 5 heteroatoms. The fourth-order valence-electron chi connectivity index (χ4n) is 0.666. The molecule has 1 aromatic heterocycles. The molecule has 0 aliphatic carbocycles. The van der Waals surface area contributed by atoms with Gasteiger partial charge in [-0.25, -0.2) is 9.97 Å². The van der Waals surface area contributed by atoms with Gasteiger partial charge in [-0.15, -0.1) is 0 Å². The smallest absolute Gasteiger partial charge is 0.229 e. The van der Waals surface area contributed by atoms with Crippen LogP contribution < -0.4 is 10.5 Å². The molecule has 0 bridgehead atoms. The Bertz CT molecular complexity index is 275. The maximum absolute atomic E-state index is 10.4. The normalized spacial score (nSPS) is 9.18. The van der Waals surface area contributed by atoms with Crippen LogP contribution in [0, 0.1) is 0 Å². The number of nitrogen functional groups attached to an aromatic ring is 1. The van der Waals surface area contributed by atoms with Crippen molar-refractivity contribution in [3.63, 3.8) is 0 Å². The fourth-order valence-corrected chi connectivity index (χ4v) is 0.666. The minimum Gasteiger partial charge on any atom is -0.480 e. The first-order chi connectivity index (χ1) is 5.29. The topological polar surface area (TPSA) is 78.1 Å². The molecular formula is C6H7N3O2. The minimum absolute atomic E-state index is 0.131. The molecule has 5 nitrogen and oxygen atoms in total. The second-order valence-electron chi connectivity index (χ2n) is 1.80. The van der Waals surface area contributed by atoms with Crippen molar-refractivity contribution in [1.29, 1.82) is 0 Å². The molecule has 0 fully saturated rings. The average molecular weight is 153 g/mol. The molecule has 11 heavy (non-hydrogen) atoms. The van der Waals surface area contributed by atoms with Crippen LogP contribution in [0.2, 0.25) is 0 Å². The highest BCUT2D eigenvalue weighted by atomic mass is 16.5. The van der Waals surface area contributed by atoms with Crippen LogP contribution in [-0.4, -0.2) is 23.4 Å². The molecule has 1 rings (SSSR count). The number of carbonyl (C=O) groups excluding carboxylic acids is 1. The minimum atomic E-state index is 0.131. The first kappa shape index (κ1) is 7.46. The zero-order valence-electron chi connectivity index (χ0n) is 5.94. The molecule has 0 aliphatic rings. The van der Waals surface area contributed by atoms with Crippen LogP contribution in [0.3, 0.4) is 0 Å². The summed E-state index contributed by atoms with van der Waals surface area (Å²) in [7, 11) is 1.41. The second-order valence-corrected chi connectivity index (χ2v) is 1.80. The molecule has 0 saturated carbocycles. The summed E-state index contributed by atoms with van der Waals surface area (Å²) in [6, 6.07) is 0. The van der Waals surface area contributed by atoms with E-state index in [0.29, 0.717) is 6.29 Å². The van der Waals surface area contributed by atoms with Crippen molar-refractivity contribution < 1.29 is 9.53 Å². The van der Waals surface area contributed by atoms with Gasteiger partial charge in [0, 0.05) is 0 Å². The number of ether oxygens (including phenoxy) is 1. The van der Waals surface area contributed by atoms with Gasteiger partial charge in [0.2, 0.25) is 5.88 Å². The van der Waals surface area contributed by atoms with Gasteiger partial charge < -0.3 is 10.5 Å². The van der Waals surface area contributed by atoms with Gasteiger partial charge in [-0.1, -0.05) is 0 Å². The van der Waals surface area contributed by atoms with E-state index < -0.39 is 0 Å². The number of hydrogen-bond acceptors (Lipinski definition) is 5. The van der Waals surface area contributed by atoms with Crippen molar-refractivity contribution in [2.45, 2.75) is 0 Å². The molecular weight excluding hydrogens is 146 g/mol. The van der Waals surface area contributed by atoms with Crippen LogP contribution in [0.4, 0.5) is 5.82 Å². The monoisotopic (exact) mass is 153 g/mol. The SMILES string of the molecule is COc1ncnc(N)c1C=O. The van der Waals surface area contributed by atoms with E-state index in [1.165, 1.54) is 13.4 Å². The predicted octanol–water partition coefficient (Wildman–Crippen LogP) is -0.120. The molecule has 0 atom stereocenters. The van der Waals surface area contributed by atoms with E-state index in [1.807, 2.05) is 0 Å². The third-order valence-electron chi connectivity index (χ3n) is 1.19. The van der Waals surface area contributed by atoms with Crippen LogP contribution in [0.25, 0.3) is 0 Å². The Hall–Kier alpha value is -1.65. The summed E-state index contributed by atoms with van der Waals surface area (Å²) in [6.07, 6.45) is 1.80. The van der Waals surface area contributed by atoms with Crippen LogP contribution in [0.5, 0.6) is 5.88 Å². The molecule has 0 aliphatic heterocycles. The van der Waals surface area contributed by atoms with Crippen molar-refractivity contribution in [1.82, 2.24) is 9.97 Å². The maximum Gasteiger partial charge on any atom is 0.229 e. The van der Waals surface area contributed by atoms with Crippen LogP contribution in [0.15, 0.2) is 6.33 Å². The summed E-state index contributed by atoms with van der Waals surface area (Å²) in [6.45, 7) is 0. The molecule has 2 N–H and O–H groups in total. The molecule has 0 saturated heterocycles. The van der Waals surface area contributed by atoms with Crippen LogP contribution >= 0.6 is 0 Å². The molecule has 0 radical (unpaired) electrons. The summed E-state index contributed by atoms with van der Waals surface area (Å²) in [5.41, 5.74) is 5.53. The summed E-state index contributed by atoms with van der Waals surface area (Å²) >= 11 is 0. The number of nitrogens with two attached hydrogens (primary N) is 1. The highest BCUT2D eigenvalue weighted by Gasteiger charge is 2.06. The number of carbonyl (C=O) groups is 1. The van der Waals surface area contributed by atoms with Crippen molar-refractivity contribution in [3.05, 3.63) is 11.9 Å². The van der Waals surface area contributed by atoms with Crippen molar-refractivity contribution in [2.75, 3.05) is 12.8 Å². The van der Waals surface area contributed by atoms with Crippen LogP contribution in [0.1, 0.15) is 10.4 Å². The Kier molecular flexibility index (Phi) is 2.00. The van der Waals surface area contributed by atoms with E-state index in [4.69, 9.17) is 10.5 Å². The molecule has 1 aromatic rings. The molecule has 1 heterocycles. The number of rotatable bonds is 2. The van der Waals surface area contributed by atoms with Crippen molar-refractivity contribution in [3.8, 4) is 5.88 Å². The molecule has 0 amide bonds. The number of methoxy groups -OCH3 is 1. The van der Waals surface area contributed by atoms with E-state index in [9.17, 15) is 4.79 Å². The van der Waals surface area contributed by atoms with E-state index in [0.717, 1.165) is 0 Å². The van der Waals surface area contributed by atoms with E-state index in [1.54, 1.807) is 0 Å². The Labute approximate surface area is 63.2 Å². The standard InChI is InChI=1S/C6H7N3O2/c1-11-6-4(2-10)5(7)8-3-9-6/h2-3H,1H3,(H2,7,8,9). The lowest BCUT2D eigenvalue weighted by Gasteiger charge is -2.01. The third kappa shape index (κ3) is 1.26. The summed E-state index contributed by atoms with van der Waals surface area (Å²) < 4.78 is 4.75. The highest BCUT2D eigenvalue weighted by Crippen LogP contribution is 2.15. The van der Waals surface area contributed by atoms with Gasteiger partial charge >= 0.3 is 0 Å². The van der Waals surface area contributed by atoms with Gasteiger partial charge in [0.25, 0.3) is 0 Å². The number of aldehydes is 1. The zero-order valence-corrected chi connectivity index (χ0v) is 5.94. The van der Waals surface area contributed by atoms with Crippen molar-refractivity contribution >= 4 is 12.1 Å². The van der Waals surface area contributed by atoms with E-state index >= 15 is 0 Å². The first-order valence-electron chi connectivity index (χ1n) is 2.89. The third-order valence-corrected chi connectivity index (χ3v) is 1.19. The lowest BCUT2D eigenvalue weighted by molar-refractivity contribution is 0.112. The van der Waals surface area contributed by atoms with E-state index in [-0.39, 0.29) is 17.3 Å². The van der Waals surface area contributed by atoms with Crippen molar-refractivity contribution in [2.24, 2.45) is 0 Å². The van der Waals surface area contributed by atoms with E-state index in [2.05, 4.69) is 9.97 Å². The average Bonchev–Trinajstić information content (AvgIpc) is 2.04. The lowest BCUT2D eigenvalue weighted by atomic mass is 10.3. The maximum atomic E-state index is 10.4. The second kappa shape index (κ2) is 2.96. The molecule has 58 valence electrons. The highest BCUT2D eigenvalue weighted by molar-refractivity contribution is 5.84. The largest absolute Gasteiger partial charge is 0.480 e. The van der Waals surface area contributed by atoms with Crippen LogP contribution in [-0.2, 0) is 0 Å². The quantitative estimate of drug-likeness (QED) is 0.599. The van der Waals surface area contributed by atoms with Gasteiger partial charge in [0.05, 0.1) is 7.11 Å². The number of nitrogens with zero attached hydrogens (tertiary/aromatic N) is 2. The molecule has 0 spiro atoms. The Morgan fingerprint density at radius 1 is 1.64 bits per heavy atom. The summed E-state index contributed by atoms with van der Waals surface area (Å²) in [5, 5.41) is 0. The van der Waals surface area contributed by atoms with Gasteiger partial charge in [-0.2, -0.15) is 0 Å². The van der Waals surface area contributed by atoms with Gasteiger partial charge in [-0.05, 0) is 0 Å². The van der Waals surface area contributed by atoms with Gasteiger partial charge in [-0.3, -0.25) is 4.79 Å². The lowest BCUT2D eigenvalue weighted by Crippen LogP contribution is -2.01. The first-order valence-corrected chi connectivity index (χ1v) is 2.89. The summed E-state index contributed by atoms with van der Waals surface area (Å²) in [5.74, 6) is 0.333. The molecule has 0 unspecified atom stereocenters. The Morgan fingerprint density at radius 3 is 2.82 bits per heavy atom. The number of hydrogen-bond donors (Lipinski definition) is 1. The zero-order chi connectivity index (χ0) is 8.27. The predicted molar refractivity (Wildman–Crippen MR) is 38.4 cm³/mol.